The van der Waals surface area contributed by atoms with Crippen LogP contribution in [0.1, 0.15) is 31.7 Å². The molecule has 1 aliphatic carbocycles. The summed E-state index contributed by atoms with van der Waals surface area (Å²) >= 11 is 1.72. The van der Waals surface area contributed by atoms with Gasteiger partial charge in [0, 0.05) is 17.6 Å². The number of aromatic nitrogens is 2. The van der Waals surface area contributed by atoms with E-state index >= 15 is 0 Å². The third-order valence-corrected chi connectivity index (χ3v) is 5.21. The van der Waals surface area contributed by atoms with Crippen LogP contribution in [0.25, 0.3) is 11.3 Å². The van der Waals surface area contributed by atoms with Gasteiger partial charge in [-0.3, -0.25) is 4.98 Å². The van der Waals surface area contributed by atoms with Gasteiger partial charge in [-0.2, -0.15) is 0 Å². The summed E-state index contributed by atoms with van der Waals surface area (Å²) in [6.45, 7) is 0. The average molecular weight is 321 g/mol. The van der Waals surface area contributed by atoms with E-state index in [0.717, 1.165) is 10.5 Å². The van der Waals surface area contributed by atoms with Crippen LogP contribution in [0.2, 0.25) is 0 Å². The van der Waals surface area contributed by atoms with E-state index in [4.69, 9.17) is 4.99 Å². The van der Waals surface area contributed by atoms with Gasteiger partial charge in [0.15, 0.2) is 4.80 Å². The summed E-state index contributed by atoms with van der Waals surface area (Å²) in [5.41, 5.74) is 3.47. The van der Waals surface area contributed by atoms with Gasteiger partial charge < -0.3 is 4.57 Å². The molecule has 4 heteroatoms. The highest BCUT2D eigenvalue weighted by Gasteiger charge is 2.21. The van der Waals surface area contributed by atoms with Crippen LogP contribution < -0.4 is 4.80 Å². The number of nitrogens with zero attached hydrogens (tertiary/aromatic N) is 3. The molecule has 23 heavy (non-hydrogen) atoms. The Balaban J connectivity index is 1.87. The molecule has 0 spiro atoms. The zero-order chi connectivity index (χ0) is 15.5. The van der Waals surface area contributed by atoms with Crippen LogP contribution in [0.4, 0.5) is 5.69 Å². The van der Waals surface area contributed by atoms with Crippen molar-refractivity contribution in [1.29, 1.82) is 0 Å². The fourth-order valence-electron chi connectivity index (χ4n) is 3.27. The minimum Gasteiger partial charge on any atom is -0.313 e. The predicted octanol–water partition coefficient (Wildman–Crippen LogP) is 4.96. The lowest BCUT2D eigenvalue weighted by molar-refractivity contribution is 0.512. The van der Waals surface area contributed by atoms with Crippen molar-refractivity contribution in [2.24, 2.45) is 4.99 Å². The molecule has 0 unspecified atom stereocenters. The third-order valence-electron chi connectivity index (χ3n) is 4.37. The van der Waals surface area contributed by atoms with Gasteiger partial charge in [0.25, 0.3) is 0 Å². The number of hydrogen-bond donors (Lipinski definition) is 0. The molecule has 3 nitrogen and oxygen atoms in total. The molecular formula is C19H19N3S. The highest BCUT2D eigenvalue weighted by Crippen LogP contribution is 2.33. The van der Waals surface area contributed by atoms with Gasteiger partial charge in [0.05, 0.1) is 17.6 Å². The van der Waals surface area contributed by atoms with E-state index in [1.807, 2.05) is 18.3 Å². The molecular weight excluding hydrogens is 302 g/mol. The molecule has 1 fully saturated rings. The lowest BCUT2D eigenvalue weighted by Crippen LogP contribution is -2.19. The Kier molecular flexibility index (Phi) is 4.07. The number of rotatable bonds is 3. The lowest BCUT2D eigenvalue weighted by Gasteiger charge is -2.16. The SMILES string of the molecule is c1ccc(-c2csc(=Nc3cccnc3)n2C2CCCC2)cc1. The lowest BCUT2D eigenvalue weighted by atomic mass is 10.1. The summed E-state index contributed by atoms with van der Waals surface area (Å²) < 4.78 is 2.44. The van der Waals surface area contributed by atoms with Crippen LogP contribution in [0.3, 0.4) is 0 Å². The molecule has 0 radical (unpaired) electrons. The maximum Gasteiger partial charge on any atom is 0.190 e. The Labute approximate surface area is 140 Å². The molecule has 2 aromatic heterocycles. The Morgan fingerprint density at radius 1 is 1.04 bits per heavy atom. The summed E-state index contributed by atoms with van der Waals surface area (Å²) in [7, 11) is 0. The van der Waals surface area contributed by atoms with Gasteiger partial charge in [-0.05, 0) is 30.5 Å². The second kappa shape index (κ2) is 6.50. The number of benzene rings is 1. The third kappa shape index (κ3) is 2.99. The minimum atomic E-state index is 0.562. The predicted molar refractivity (Wildman–Crippen MR) is 94.7 cm³/mol. The molecule has 0 atom stereocenters. The van der Waals surface area contributed by atoms with Gasteiger partial charge in [0.2, 0.25) is 0 Å². The van der Waals surface area contributed by atoms with Crippen molar-refractivity contribution < 1.29 is 0 Å². The molecule has 3 aromatic rings. The first-order chi connectivity index (χ1) is 11.4. The molecule has 1 saturated carbocycles. The van der Waals surface area contributed by atoms with Gasteiger partial charge >= 0.3 is 0 Å². The summed E-state index contributed by atoms with van der Waals surface area (Å²) in [5, 5.41) is 2.24. The van der Waals surface area contributed by atoms with Crippen LogP contribution in [-0.2, 0) is 0 Å². The Bertz CT molecular complexity index is 828. The fraction of sp³-hybridized carbons (Fsp3) is 0.263. The summed E-state index contributed by atoms with van der Waals surface area (Å²) in [6.07, 6.45) is 8.73. The van der Waals surface area contributed by atoms with E-state index in [1.54, 1.807) is 17.5 Å². The fourth-order valence-corrected chi connectivity index (χ4v) is 4.25. The first-order valence-corrected chi connectivity index (χ1v) is 9.00. The van der Waals surface area contributed by atoms with Crippen molar-refractivity contribution in [2.45, 2.75) is 31.7 Å². The smallest absolute Gasteiger partial charge is 0.190 e. The second-order valence-corrected chi connectivity index (χ2v) is 6.74. The highest BCUT2D eigenvalue weighted by atomic mass is 32.1. The van der Waals surface area contributed by atoms with Crippen LogP contribution in [0.15, 0.2) is 65.2 Å². The summed E-state index contributed by atoms with van der Waals surface area (Å²) in [6, 6.07) is 15.1. The molecule has 4 rings (SSSR count). The molecule has 0 N–H and O–H groups in total. The molecule has 0 bridgehead atoms. The van der Waals surface area contributed by atoms with Crippen molar-refractivity contribution >= 4 is 17.0 Å². The second-order valence-electron chi connectivity index (χ2n) is 5.90. The number of pyridine rings is 1. The van der Waals surface area contributed by atoms with E-state index in [0.29, 0.717) is 6.04 Å². The van der Waals surface area contributed by atoms with Crippen LogP contribution in [0.5, 0.6) is 0 Å². The number of hydrogen-bond acceptors (Lipinski definition) is 3. The molecule has 116 valence electrons. The van der Waals surface area contributed by atoms with Gasteiger partial charge in [-0.25, -0.2) is 4.99 Å². The first kappa shape index (κ1) is 14.4. The zero-order valence-corrected chi connectivity index (χ0v) is 13.7. The van der Waals surface area contributed by atoms with Gasteiger partial charge in [-0.1, -0.05) is 43.2 Å². The van der Waals surface area contributed by atoms with Crippen molar-refractivity contribution in [2.75, 3.05) is 0 Å². The standard InChI is InChI=1S/C19H19N3S/c1-2-7-15(8-3-1)18-14-23-19(21-16-9-6-12-20-13-16)22(18)17-10-4-5-11-17/h1-3,6-9,12-14,17H,4-5,10-11H2. The van der Waals surface area contributed by atoms with E-state index in [-0.39, 0.29) is 0 Å². The van der Waals surface area contributed by atoms with Gasteiger partial charge in [0.1, 0.15) is 0 Å². The molecule has 2 heterocycles. The van der Waals surface area contributed by atoms with Crippen LogP contribution >= 0.6 is 11.3 Å². The van der Waals surface area contributed by atoms with Crippen molar-refractivity contribution in [3.05, 3.63) is 65.0 Å². The largest absolute Gasteiger partial charge is 0.313 e. The maximum atomic E-state index is 4.85. The topological polar surface area (TPSA) is 30.2 Å². The summed E-state index contributed by atoms with van der Waals surface area (Å²) in [5.74, 6) is 0. The Hall–Kier alpha value is -2.20. The van der Waals surface area contributed by atoms with Crippen molar-refractivity contribution in [3.8, 4) is 11.3 Å². The monoisotopic (exact) mass is 321 g/mol. The molecule has 0 aliphatic heterocycles. The average Bonchev–Trinajstić information content (AvgIpc) is 3.26. The quantitative estimate of drug-likeness (QED) is 0.670. The molecule has 0 amide bonds. The first-order valence-electron chi connectivity index (χ1n) is 8.12. The van der Waals surface area contributed by atoms with E-state index in [1.165, 1.54) is 36.9 Å². The normalized spacial score (nSPS) is 16.1. The molecule has 0 saturated heterocycles. The molecule has 1 aromatic carbocycles. The Morgan fingerprint density at radius 2 is 1.87 bits per heavy atom. The van der Waals surface area contributed by atoms with Gasteiger partial charge in [-0.15, -0.1) is 11.3 Å². The van der Waals surface area contributed by atoms with Crippen molar-refractivity contribution in [1.82, 2.24) is 9.55 Å². The highest BCUT2D eigenvalue weighted by molar-refractivity contribution is 7.07. The van der Waals surface area contributed by atoms with Crippen LogP contribution in [-0.4, -0.2) is 9.55 Å². The van der Waals surface area contributed by atoms with Crippen molar-refractivity contribution in [3.63, 3.8) is 0 Å². The van der Waals surface area contributed by atoms with Crippen LogP contribution in [0, 0.1) is 0 Å². The maximum absolute atomic E-state index is 4.85. The van der Waals surface area contributed by atoms with E-state index < -0.39 is 0 Å². The Morgan fingerprint density at radius 3 is 2.61 bits per heavy atom. The zero-order valence-electron chi connectivity index (χ0n) is 12.9. The van der Waals surface area contributed by atoms with E-state index in [2.05, 4.69) is 45.3 Å². The number of thiazole rings is 1. The van der Waals surface area contributed by atoms with E-state index in [9.17, 15) is 0 Å². The minimum absolute atomic E-state index is 0.562. The molecule has 1 aliphatic rings. The summed E-state index contributed by atoms with van der Waals surface area (Å²) in [4.78, 5) is 10.1.